The second-order valence-electron chi connectivity index (χ2n) is 4.89. The van der Waals surface area contributed by atoms with E-state index >= 15 is 0 Å². The van der Waals surface area contributed by atoms with Crippen LogP contribution in [0.25, 0.3) is 0 Å². The van der Waals surface area contributed by atoms with Gasteiger partial charge in [0.25, 0.3) is 0 Å². The Morgan fingerprint density at radius 2 is 0.423 bits per heavy atom. The lowest BCUT2D eigenvalue weighted by Crippen LogP contribution is -2.24. The van der Waals surface area contributed by atoms with Gasteiger partial charge in [0, 0.05) is 0 Å². The smallest absolute Gasteiger partial charge is 0.0564 e. The molecule has 0 N–H and O–H groups in total. The molecule has 0 atom stereocenters. The fraction of sp³-hybridized carbons (Fsp3) is 1.00. The minimum atomic E-state index is -5.39. The van der Waals surface area contributed by atoms with E-state index in [0.717, 1.165) is 0 Å². The van der Waals surface area contributed by atoms with E-state index in [9.17, 15) is 0 Å². The van der Waals surface area contributed by atoms with Crippen molar-refractivity contribution in [2.75, 3.05) is 0 Å². The van der Waals surface area contributed by atoms with Crippen LogP contribution in [-0.2, 0) is 9.13 Å². The van der Waals surface area contributed by atoms with Gasteiger partial charge in [-0.3, -0.25) is 0 Å². The Kier molecular flexibility index (Phi) is 56.8. The minimum absolute atomic E-state index is 1.32. The number of unbranched alkanes of at least 4 members (excludes halogenated alkanes) is 4. The van der Waals surface area contributed by atoms with Crippen LogP contribution in [0.5, 0.6) is 0 Å². The third kappa shape index (κ3) is 733. The first kappa shape index (κ1) is 40.8. The topological polar surface area (TPSA) is 172 Å². The lowest BCUT2D eigenvalue weighted by atomic mass is 10.4. The van der Waals surface area contributed by atoms with Crippen LogP contribution in [-0.4, -0.2) is 0 Å². The minimum Gasteiger partial charge on any atom is -0.822 e. The van der Waals surface area contributed by atoms with Gasteiger partial charge in [0.05, 0.1) is 0 Å². The van der Waals surface area contributed by atoms with Gasteiger partial charge in [-0.25, -0.2) is 0 Å². The highest BCUT2D eigenvalue weighted by molar-refractivity contribution is 7.40. The van der Waals surface area contributed by atoms with Crippen LogP contribution in [0.4, 0.5) is 0 Å². The SMILES string of the molecule is CCCC.CCCC.CCCC.CCCC.O=P([O-])([O-])[O-].O=P([O-])([O-])[O-]. The Balaban J connectivity index is -0.0000000463. The summed E-state index contributed by atoms with van der Waals surface area (Å²) in [6.07, 6.45) is 10.6. The molecule has 0 aliphatic heterocycles. The zero-order chi connectivity index (χ0) is 22.7. The van der Waals surface area contributed by atoms with Crippen LogP contribution in [0, 0.1) is 0 Å². The zero-order valence-corrected chi connectivity index (χ0v) is 19.6. The van der Waals surface area contributed by atoms with Crippen molar-refractivity contribution >= 4 is 15.6 Å². The van der Waals surface area contributed by atoms with Gasteiger partial charge in [0.15, 0.2) is 0 Å². The Morgan fingerprint density at radius 3 is 0.423 bits per heavy atom. The first-order valence-corrected chi connectivity index (χ1v) is 12.0. The van der Waals surface area contributed by atoms with Crippen molar-refractivity contribution in [3.63, 3.8) is 0 Å². The summed E-state index contributed by atoms with van der Waals surface area (Å²) in [5.74, 6) is 0. The quantitative estimate of drug-likeness (QED) is 0.614. The zero-order valence-electron chi connectivity index (χ0n) is 17.8. The predicted molar refractivity (Wildman–Crippen MR) is 97.5 cm³/mol. The normalized spacial score (nSPS) is 9.15. The lowest BCUT2D eigenvalue weighted by molar-refractivity contribution is -0.434. The van der Waals surface area contributed by atoms with Crippen molar-refractivity contribution in [1.82, 2.24) is 0 Å². The molecule has 0 unspecified atom stereocenters. The summed E-state index contributed by atoms with van der Waals surface area (Å²) in [7, 11) is -10.8. The van der Waals surface area contributed by atoms with Gasteiger partial charge < -0.3 is 38.5 Å². The molecule has 26 heavy (non-hydrogen) atoms. The molecule has 0 heterocycles. The molecule has 0 aromatic heterocycles. The molecule has 0 aliphatic carbocycles. The van der Waals surface area contributed by atoms with Gasteiger partial charge in [-0.15, -0.1) is 0 Å². The van der Waals surface area contributed by atoms with Crippen molar-refractivity contribution in [1.29, 1.82) is 0 Å². The van der Waals surface area contributed by atoms with E-state index < -0.39 is 15.6 Å². The van der Waals surface area contributed by atoms with Crippen LogP contribution in [0.2, 0.25) is 0 Å². The highest BCUT2D eigenvalue weighted by atomic mass is 31.2. The maximum absolute atomic E-state index is 8.55. The number of rotatable bonds is 4. The molecule has 0 aliphatic rings. The molecule has 0 saturated heterocycles. The van der Waals surface area contributed by atoms with E-state index in [2.05, 4.69) is 55.4 Å². The molecule has 0 fully saturated rings. The molecule has 168 valence electrons. The van der Waals surface area contributed by atoms with Gasteiger partial charge in [-0.2, -0.15) is 15.6 Å². The molecular weight excluding hydrogens is 382 g/mol. The van der Waals surface area contributed by atoms with Crippen LogP contribution in [0.1, 0.15) is 107 Å². The number of hydrogen-bond acceptors (Lipinski definition) is 8. The maximum atomic E-state index is 8.55. The average Bonchev–Trinajstić information content (AvgIpc) is 2.52. The standard InChI is InChI=1S/4C4H10.2H3O4P/c4*1-3-4-2;2*1-5(2,3)4/h4*3-4H2,1-2H3;2*(H3,1,2,3,4)/p-6. The van der Waals surface area contributed by atoms with Crippen LogP contribution < -0.4 is 29.4 Å². The second kappa shape index (κ2) is 36.2. The van der Waals surface area contributed by atoms with Crippen molar-refractivity contribution in [2.45, 2.75) is 107 Å². The monoisotopic (exact) mass is 422 g/mol. The van der Waals surface area contributed by atoms with Crippen LogP contribution >= 0.6 is 15.6 Å². The number of phosphoric acid groups is 2. The first-order chi connectivity index (χ1) is 11.7. The molecule has 8 nitrogen and oxygen atoms in total. The van der Waals surface area contributed by atoms with Gasteiger partial charge in [0.2, 0.25) is 0 Å². The fourth-order valence-electron chi connectivity index (χ4n) is 0. The van der Waals surface area contributed by atoms with Crippen molar-refractivity contribution in [2.24, 2.45) is 0 Å². The van der Waals surface area contributed by atoms with Crippen LogP contribution in [0.3, 0.4) is 0 Å². The van der Waals surface area contributed by atoms with Crippen LogP contribution in [0.15, 0.2) is 0 Å². The summed E-state index contributed by atoms with van der Waals surface area (Å²) in [5, 5.41) is 0. The molecule has 0 aromatic carbocycles. The van der Waals surface area contributed by atoms with Gasteiger partial charge >= 0.3 is 0 Å². The summed E-state index contributed by atoms with van der Waals surface area (Å²) >= 11 is 0. The highest BCUT2D eigenvalue weighted by Crippen LogP contribution is 2.03. The van der Waals surface area contributed by atoms with E-state index in [0.29, 0.717) is 0 Å². The van der Waals surface area contributed by atoms with Crippen molar-refractivity contribution < 1.29 is 38.5 Å². The van der Waals surface area contributed by atoms with E-state index in [-0.39, 0.29) is 0 Å². The van der Waals surface area contributed by atoms with Gasteiger partial charge in [-0.05, 0) is 0 Å². The maximum Gasteiger partial charge on any atom is -0.0564 e. The highest BCUT2D eigenvalue weighted by Gasteiger charge is 1.57. The lowest BCUT2D eigenvalue weighted by Gasteiger charge is -2.36. The average molecular weight is 422 g/mol. The van der Waals surface area contributed by atoms with Crippen molar-refractivity contribution in [3.8, 4) is 0 Å². The molecule has 10 heteroatoms. The molecule has 0 amide bonds. The molecular formula is C16H40O8P2-6. The Labute approximate surface area is 161 Å². The summed E-state index contributed by atoms with van der Waals surface area (Å²) in [5.41, 5.74) is 0. The molecule has 0 rings (SSSR count). The fourth-order valence-corrected chi connectivity index (χ4v) is 0. The summed E-state index contributed by atoms with van der Waals surface area (Å²) in [6.45, 7) is 17.4. The Hall–Kier alpha value is 0.220. The number of hydrogen-bond donors (Lipinski definition) is 0. The second-order valence-corrected chi connectivity index (χ2v) is 6.68. The van der Waals surface area contributed by atoms with E-state index in [1.807, 2.05) is 0 Å². The summed E-state index contributed by atoms with van der Waals surface area (Å²) < 4.78 is 17.1. The molecule has 0 saturated carbocycles. The molecule has 0 aromatic rings. The molecule has 0 bridgehead atoms. The first-order valence-electron chi connectivity index (χ1n) is 9.12. The van der Waals surface area contributed by atoms with Crippen molar-refractivity contribution in [3.05, 3.63) is 0 Å². The summed E-state index contributed by atoms with van der Waals surface area (Å²) in [6, 6.07) is 0. The molecule has 0 spiro atoms. The van der Waals surface area contributed by atoms with E-state index in [1.54, 1.807) is 0 Å². The largest absolute Gasteiger partial charge is 0.822 e. The Bertz CT molecular complexity index is 217. The van der Waals surface area contributed by atoms with E-state index in [4.69, 9.17) is 38.5 Å². The van der Waals surface area contributed by atoms with E-state index in [1.165, 1.54) is 51.4 Å². The third-order valence-electron chi connectivity index (χ3n) is 2.00. The Morgan fingerprint density at radius 1 is 0.385 bits per heavy atom. The third-order valence-corrected chi connectivity index (χ3v) is 2.00. The predicted octanol–water partition coefficient (Wildman–Crippen LogP) is 1.58. The summed E-state index contributed by atoms with van der Waals surface area (Å²) in [4.78, 5) is 51.3. The molecule has 0 radical (unpaired) electrons. The van der Waals surface area contributed by atoms with Gasteiger partial charge in [0.1, 0.15) is 0 Å². The van der Waals surface area contributed by atoms with Gasteiger partial charge in [-0.1, -0.05) is 107 Å².